The Morgan fingerprint density at radius 2 is 1.89 bits per heavy atom. The van der Waals surface area contributed by atoms with Crippen molar-refractivity contribution in [2.45, 2.75) is 31.8 Å². The maximum absolute atomic E-state index is 12.6. The van der Waals surface area contributed by atoms with Crippen LogP contribution in [0.1, 0.15) is 30.1 Å². The summed E-state index contributed by atoms with van der Waals surface area (Å²) in [6, 6.07) is 0.313. The van der Waals surface area contributed by atoms with Crippen LogP contribution in [-0.4, -0.2) is 95.8 Å². The van der Waals surface area contributed by atoms with Crippen LogP contribution in [0.25, 0.3) is 0 Å². The minimum absolute atomic E-state index is 0.0327. The first-order valence-corrected chi connectivity index (χ1v) is 10.4. The SMILES string of the molecule is CNC(=O)N1CCc2c(cnn2C2CCN(C(=O)CN3CCNCC3)CC2)C1. The van der Waals surface area contributed by atoms with Crippen molar-refractivity contribution in [2.75, 3.05) is 59.4 Å². The number of nitrogens with zero attached hydrogens (tertiary/aromatic N) is 5. The topological polar surface area (TPSA) is 85.7 Å². The van der Waals surface area contributed by atoms with E-state index in [-0.39, 0.29) is 11.9 Å². The van der Waals surface area contributed by atoms with Gasteiger partial charge in [0.05, 0.1) is 25.3 Å². The molecule has 4 heterocycles. The maximum atomic E-state index is 12.6. The van der Waals surface area contributed by atoms with Crippen LogP contribution in [0.4, 0.5) is 4.79 Å². The first-order valence-electron chi connectivity index (χ1n) is 10.4. The molecule has 2 N–H and O–H groups in total. The van der Waals surface area contributed by atoms with E-state index >= 15 is 0 Å². The average Bonchev–Trinajstić information content (AvgIpc) is 3.17. The second-order valence-corrected chi connectivity index (χ2v) is 7.93. The van der Waals surface area contributed by atoms with Crippen LogP contribution in [0, 0.1) is 0 Å². The van der Waals surface area contributed by atoms with E-state index in [1.807, 2.05) is 16.0 Å². The zero-order chi connectivity index (χ0) is 19.5. The lowest BCUT2D eigenvalue weighted by Crippen LogP contribution is -2.49. The number of aromatic nitrogens is 2. The number of amides is 3. The molecule has 0 bridgehead atoms. The minimum atomic E-state index is -0.0327. The lowest BCUT2D eigenvalue weighted by molar-refractivity contribution is -0.133. The molecule has 0 spiro atoms. The molecule has 0 unspecified atom stereocenters. The second-order valence-electron chi connectivity index (χ2n) is 7.93. The second kappa shape index (κ2) is 8.48. The van der Waals surface area contributed by atoms with Crippen molar-refractivity contribution in [3.05, 3.63) is 17.5 Å². The molecule has 3 amide bonds. The molecule has 0 aliphatic carbocycles. The van der Waals surface area contributed by atoms with Gasteiger partial charge in [-0.1, -0.05) is 0 Å². The fourth-order valence-electron chi connectivity index (χ4n) is 4.52. The van der Waals surface area contributed by atoms with E-state index in [1.54, 1.807) is 7.05 Å². The van der Waals surface area contributed by atoms with Gasteiger partial charge in [0.1, 0.15) is 0 Å². The lowest BCUT2D eigenvalue weighted by Gasteiger charge is -2.35. The predicted molar refractivity (Wildman–Crippen MR) is 105 cm³/mol. The Kier molecular flexibility index (Phi) is 5.82. The molecule has 0 radical (unpaired) electrons. The molecule has 9 nitrogen and oxygen atoms in total. The summed E-state index contributed by atoms with van der Waals surface area (Å²) in [7, 11) is 1.67. The van der Waals surface area contributed by atoms with E-state index in [4.69, 9.17) is 0 Å². The maximum Gasteiger partial charge on any atom is 0.317 e. The van der Waals surface area contributed by atoms with Gasteiger partial charge in [-0.25, -0.2) is 4.79 Å². The number of nitrogens with one attached hydrogen (secondary N) is 2. The van der Waals surface area contributed by atoms with Crippen molar-refractivity contribution in [1.82, 2.24) is 35.1 Å². The molecule has 2 saturated heterocycles. The molecule has 3 aliphatic heterocycles. The largest absolute Gasteiger partial charge is 0.341 e. The summed E-state index contributed by atoms with van der Waals surface area (Å²) >= 11 is 0. The van der Waals surface area contributed by atoms with Gasteiger partial charge in [0, 0.05) is 70.5 Å². The molecule has 9 heteroatoms. The first kappa shape index (κ1) is 19.2. The third kappa shape index (κ3) is 4.00. The Morgan fingerprint density at radius 3 is 2.61 bits per heavy atom. The summed E-state index contributed by atoms with van der Waals surface area (Å²) < 4.78 is 2.16. The highest BCUT2D eigenvalue weighted by molar-refractivity contribution is 5.78. The number of hydrogen-bond acceptors (Lipinski definition) is 5. The highest BCUT2D eigenvalue weighted by Crippen LogP contribution is 2.27. The monoisotopic (exact) mass is 389 g/mol. The molecule has 154 valence electrons. The summed E-state index contributed by atoms with van der Waals surface area (Å²) in [5.41, 5.74) is 2.40. The van der Waals surface area contributed by atoms with Crippen molar-refractivity contribution in [3.8, 4) is 0 Å². The van der Waals surface area contributed by atoms with Crippen LogP contribution in [0.2, 0.25) is 0 Å². The van der Waals surface area contributed by atoms with E-state index in [2.05, 4.69) is 25.3 Å². The van der Waals surface area contributed by atoms with Crippen molar-refractivity contribution in [3.63, 3.8) is 0 Å². The van der Waals surface area contributed by atoms with Crippen molar-refractivity contribution < 1.29 is 9.59 Å². The third-order valence-corrected chi connectivity index (χ3v) is 6.20. The highest BCUT2D eigenvalue weighted by atomic mass is 16.2. The van der Waals surface area contributed by atoms with E-state index in [0.717, 1.165) is 70.6 Å². The molecule has 0 atom stereocenters. The third-order valence-electron chi connectivity index (χ3n) is 6.20. The number of urea groups is 1. The number of hydrogen-bond donors (Lipinski definition) is 2. The average molecular weight is 390 g/mol. The zero-order valence-corrected chi connectivity index (χ0v) is 16.7. The van der Waals surface area contributed by atoms with Gasteiger partial charge in [0.15, 0.2) is 0 Å². The molecule has 4 rings (SSSR count). The van der Waals surface area contributed by atoms with Crippen LogP contribution in [-0.2, 0) is 17.8 Å². The van der Waals surface area contributed by atoms with Crippen molar-refractivity contribution in [2.24, 2.45) is 0 Å². The standard InChI is InChI=1S/C19H31N7O2/c1-20-19(28)25-9-4-17-15(13-25)12-22-26(17)16-2-7-24(8-3-16)18(27)14-23-10-5-21-6-11-23/h12,16,21H,2-11,13-14H2,1H3,(H,20,28). The van der Waals surface area contributed by atoms with Gasteiger partial charge >= 0.3 is 6.03 Å². The number of piperidine rings is 1. The van der Waals surface area contributed by atoms with Gasteiger partial charge in [-0.15, -0.1) is 0 Å². The van der Waals surface area contributed by atoms with E-state index in [0.29, 0.717) is 19.1 Å². The van der Waals surface area contributed by atoms with Crippen LogP contribution < -0.4 is 10.6 Å². The summed E-state index contributed by atoms with van der Waals surface area (Å²) in [6.45, 7) is 7.33. The summed E-state index contributed by atoms with van der Waals surface area (Å²) in [5.74, 6) is 0.254. The molecule has 1 aromatic rings. The Hall–Kier alpha value is -2.13. The molecule has 2 fully saturated rings. The smallest absolute Gasteiger partial charge is 0.317 e. The number of piperazine rings is 1. The molecule has 0 saturated carbocycles. The van der Waals surface area contributed by atoms with Gasteiger partial charge < -0.3 is 20.4 Å². The Balaban J connectivity index is 1.31. The van der Waals surface area contributed by atoms with Crippen LogP contribution >= 0.6 is 0 Å². The normalized spacial score (nSPS) is 21.5. The molecular weight excluding hydrogens is 358 g/mol. The fourth-order valence-corrected chi connectivity index (χ4v) is 4.52. The molecule has 1 aromatic heterocycles. The van der Waals surface area contributed by atoms with Gasteiger partial charge in [-0.3, -0.25) is 14.4 Å². The van der Waals surface area contributed by atoms with Gasteiger partial charge in [-0.05, 0) is 12.8 Å². The Bertz CT molecular complexity index is 705. The van der Waals surface area contributed by atoms with Gasteiger partial charge in [0.2, 0.25) is 5.91 Å². The van der Waals surface area contributed by atoms with E-state index in [9.17, 15) is 9.59 Å². The Labute approximate surface area is 166 Å². The molecular formula is C19H31N7O2. The van der Waals surface area contributed by atoms with Crippen LogP contribution in [0.15, 0.2) is 6.20 Å². The number of carbonyl (C=O) groups excluding carboxylic acids is 2. The van der Waals surface area contributed by atoms with Crippen LogP contribution in [0.5, 0.6) is 0 Å². The van der Waals surface area contributed by atoms with Gasteiger partial charge in [-0.2, -0.15) is 5.10 Å². The quantitative estimate of drug-likeness (QED) is 0.738. The zero-order valence-electron chi connectivity index (χ0n) is 16.7. The molecule has 0 aromatic carbocycles. The molecule has 3 aliphatic rings. The lowest BCUT2D eigenvalue weighted by atomic mass is 10.0. The van der Waals surface area contributed by atoms with E-state index < -0.39 is 0 Å². The number of fused-ring (bicyclic) bond motifs is 1. The predicted octanol–water partition coefficient (Wildman–Crippen LogP) is -0.351. The van der Waals surface area contributed by atoms with Gasteiger partial charge in [0.25, 0.3) is 0 Å². The van der Waals surface area contributed by atoms with Crippen molar-refractivity contribution >= 4 is 11.9 Å². The number of rotatable bonds is 3. The Morgan fingerprint density at radius 1 is 1.14 bits per heavy atom. The van der Waals surface area contributed by atoms with Crippen LogP contribution in [0.3, 0.4) is 0 Å². The van der Waals surface area contributed by atoms with E-state index in [1.165, 1.54) is 5.69 Å². The summed E-state index contributed by atoms with van der Waals surface area (Å²) in [4.78, 5) is 30.6. The number of carbonyl (C=O) groups is 2. The fraction of sp³-hybridized carbons (Fsp3) is 0.737. The first-order chi connectivity index (χ1) is 13.7. The summed E-state index contributed by atoms with van der Waals surface area (Å²) in [6.07, 6.45) is 4.64. The van der Waals surface area contributed by atoms with Crippen molar-refractivity contribution in [1.29, 1.82) is 0 Å². The highest BCUT2D eigenvalue weighted by Gasteiger charge is 2.29. The minimum Gasteiger partial charge on any atom is -0.341 e. The summed E-state index contributed by atoms with van der Waals surface area (Å²) in [5, 5.41) is 10.7. The molecule has 28 heavy (non-hydrogen) atoms. The number of likely N-dealkylation sites (tertiary alicyclic amines) is 1.